The highest BCUT2D eigenvalue weighted by Gasteiger charge is 2.19. The first-order chi connectivity index (χ1) is 33.0. The lowest BCUT2D eigenvalue weighted by Crippen LogP contribution is -2.30. The van der Waals surface area contributed by atoms with Crippen LogP contribution in [0.4, 0.5) is 0 Å². The van der Waals surface area contributed by atoms with Crippen LogP contribution in [0.2, 0.25) is 0 Å². The molecular weight excluding hydrogens is 829 g/mol. The molecule has 0 N–H and O–H groups in total. The van der Waals surface area contributed by atoms with E-state index in [-0.39, 0.29) is 31.6 Å². The number of carbonyl (C=O) groups is 3. The lowest BCUT2D eigenvalue weighted by molar-refractivity contribution is -0.166. The first-order valence-corrected chi connectivity index (χ1v) is 26.3. The molecule has 0 aromatic heterocycles. The Kier molecular flexibility index (Phi) is 50.1. The highest BCUT2D eigenvalue weighted by Crippen LogP contribution is 2.12. The van der Waals surface area contributed by atoms with Crippen molar-refractivity contribution in [1.82, 2.24) is 0 Å². The van der Waals surface area contributed by atoms with Gasteiger partial charge in [-0.05, 0) is 116 Å². The standard InChI is InChI=1S/C61H94O6/c1-4-7-10-13-16-19-22-25-27-28-29-30-31-32-34-36-39-42-45-48-51-54-60(63)66-57-58(56-65-59(62)53-50-47-44-41-38-35-24-21-18-15-12-9-6-3)67-61(64)55-52-49-46-43-40-37-33-26-23-20-17-14-11-8-5-2/h7-8,10-12,15-17,19-21,24-27,29-30,32-34,40,43,49,52,58H,4-6,9,13-14,18,22-23,28,31,35-39,41-42,44-48,50-51,53-57H2,1-3H3/b10-7-,11-8-,15-12-,19-16-,20-17-,24-21-,27-25-,30-29-,33-26-,34-32-,43-40-,52-49-. The van der Waals surface area contributed by atoms with E-state index in [0.29, 0.717) is 19.3 Å². The van der Waals surface area contributed by atoms with E-state index in [0.717, 1.165) is 148 Å². The van der Waals surface area contributed by atoms with Crippen molar-refractivity contribution >= 4 is 17.9 Å². The lowest BCUT2D eigenvalue weighted by atomic mass is 10.1. The summed E-state index contributed by atoms with van der Waals surface area (Å²) in [4.78, 5) is 38.0. The predicted molar refractivity (Wildman–Crippen MR) is 288 cm³/mol. The number of carbonyl (C=O) groups excluding carboxylic acids is 3. The zero-order valence-electron chi connectivity index (χ0n) is 42.6. The predicted octanol–water partition coefficient (Wildman–Crippen LogP) is 17.6. The van der Waals surface area contributed by atoms with E-state index >= 15 is 0 Å². The molecule has 6 heteroatoms. The summed E-state index contributed by atoms with van der Waals surface area (Å²) in [5.41, 5.74) is 0. The second kappa shape index (κ2) is 53.9. The first-order valence-electron chi connectivity index (χ1n) is 26.3. The third-order valence-corrected chi connectivity index (χ3v) is 10.3. The largest absolute Gasteiger partial charge is 0.462 e. The summed E-state index contributed by atoms with van der Waals surface area (Å²) in [5, 5.41) is 0. The Hall–Kier alpha value is -4.71. The van der Waals surface area contributed by atoms with Gasteiger partial charge in [0.05, 0.1) is 6.42 Å². The topological polar surface area (TPSA) is 78.9 Å². The molecule has 0 aromatic carbocycles. The molecule has 6 nitrogen and oxygen atoms in total. The van der Waals surface area contributed by atoms with Crippen LogP contribution in [0.15, 0.2) is 146 Å². The summed E-state index contributed by atoms with van der Waals surface area (Å²) in [7, 11) is 0. The number of allylic oxidation sites excluding steroid dienone is 23. The van der Waals surface area contributed by atoms with Gasteiger partial charge in [0.2, 0.25) is 0 Å². The zero-order chi connectivity index (χ0) is 48.6. The molecule has 0 bridgehead atoms. The van der Waals surface area contributed by atoms with Crippen LogP contribution in [-0.4, -0.2) is 37.2 Å². The second-order valence-corrected chi connectivity index (χ2v) is 16.7. The van der Waals surface area contributed by atoms with Crippen LogP contribution in [0, 0.1) is 0 Å². The third kappa shape index (κ3) is 52.1. The van der Waals surface area contributed by atoms with Crippen molar-refractivity contribution in [2.75, 3.05) is 13.2 Å². The summed E-state index contributed by atoms with van der Waals surface area (Å²) in [6, 6.07) is 0. The second-order valence-electron chi connectivity index (χ2n) is 16.7. The number of hydrogen-bond donors (Lipinski definition) is 0. The lowest BCUT2D eigenvalue weighted by Gasteiger charge is -2.18. The van der Waals surface area contributed by atoms with E-state index < -0.39 is 12.1 Å². The number of esters is 3. The molecule has 0 saturated heterocycles. The molecule has 0 aliphatic heterocycles. The Morgan fingerprint density at radius 1 is 0.328 bits per heavy atom. The maximum Gasteiger partial charge on any atom is 0.310 e. The van der Waals surface area contributed by atoms with Crippen LogP contribution in [0.1, 0.15) is 201 Å². The number of ether oxygens (including phenoxy) is 3. The molecule has 0 amide bonds. The Labute approximate surface area is 410 Å². The van der Waals surface area contributed by atoms with Crippen LogP contribution in [0.5, 0.6) is 0 Å². The van der Waals surface area contributed by atoms with Crippen LogP contribution in [0.25, 0.3) is 0 Å². The summed E-state index contributed by atoms with van der Waals surface area (Å²) in [6.07, 6.45) is 77.1. The van der Waals surface area contributed by atoms with E-state index in [2.05, 4.69) is 154 Å². The van der Waals surface area contributed by atoms with Crippen LogP contribution in [0.3, 0.4) is 0 Å². The monoisotopic (exact) mass is 923 g/mol. The molecular formula is C61H94O6. The maximum atomic E-state index is 12.7. The minimum Gasteiger partial charge on any atom is -0.462 e. The van der Waals surface area contributed by atoms with Gasteiger partial charge >= 0.3 is 17.9 Å². The average molecular weight is 923 g/mol. The van der Waals surface area contributed by atoms with Gasteiger partial charge in [-0.1, -0.05) is 212 Å². The van der Waals surface area contributed by atoms with E-state index in [1.54, 1.807) is 6.08 Å². The van der Waals surface area contributed by atoms with Gasteiger partial charge in [0.15, 0.2) is 6.10 Å². The molecule has 0 aliphatic carbocycles. The van der Waals surface area contributed by atoms with Crippen LogP contribution in [-0.2, 0) is 28.6 Å². The van der Waals surface area contributed by atoms with Crippen molar-refractivity contribution in [2.24, 2.45) is 0 Å². The molecule has 0 radical (unpaired) electrons. The fourth-order valence-corrected chi connectivity index (χ4v) is 6.46. The summed E-state index contributed by atoms with van der Waals surface area (Å²) >= 11 is 0. The molecule has 0 saturated carbocycles. The summed E-state index contributed by atoms with van der Waals surface area (Å²) in [5.74, 6) is -1.11. The van der Waals surface area contributed by atoms with E-state index in [1.165, 1.54) is 6.42 Å². The fourth-order valence-electron chi connectivity index (χ4n) is 6.46. The normalized spacial score (nSPS) is 13.3. The van der Waals surface area contributed by atoms with Crippen molar-refractivity contribution in [1.29, 1.82) is 0 Å². The third-order valence-electron chi connectivity index (χ3n) is 10.3. The minimum absolute atomic E-state index is 0.0821. The maximum absolute atomic E-state index is 12.7. The molecule has 67 heavy (non-hydrogen) atoms. The molecule has 0 spiro atoms. The zero-order valence-corrected chi connectivity index (χ0v) is 42.6. The summed E-state index contributed by atoms with van der Waals surface area (Å²) in [6.45, 7) is 6.21. The van der Waals surface area contributed by atoms with Gasteiger partial charge in [0, 0.05) is 12.8 Å². The molecule has 1 unspecified atom stereocenters. The number of hydrogen-bond acceptors (Lipinski definition) is 6. The highest BCUT2D eigenvalue weighted by molar-refractivity contribution is 5.72. The molecule has 0 aliphatic rings. The Morgan fingerprint density at radius 3 is 0.985 bits per heavy atom. The van der Waals surface area contributed by atoms with Crippen molar-refractivity contribution < 1.29 is 28.6 Å². The Morgan fingerprint density at radius 2 is 0.627 bits per heavy atom. The van der Waals surface area contributed by atoms with Gasteiger partial charge in [0.25, 0.3) is 0 Å². The van der Waals surface area contributed by atoms with Gasteiger partial charge in [-0.15, -0.1) is 0 Å². The van der Waals surface area contributed by atoms with E-state index in [1.807, 2.05) is 6.08 Å². The van der Waals surface area contributed by atoms with Crippen molar-refractivity contribution in [3.8, 4) is 0 Å². The molecule has 0 rings (SSSR count). The van der Waals surface area contributed by atoms with Crippen LogP contribution < -0.4 is 0 Å². The van der Waals surface area contributed by atoms with Crippen LogP contribution >= 0.6 is 0 Å². The van der Waals surface area contributed by atoms with Gasteiger partial charge in [-0.3, -0.25) is 14.4 Å². The van der Waals surface area contributed by atoms with Gasteiger partial charge in [-0.25, -0.2) is 0 Å². The first kappa shape index (κ1) is 62.3. The average Bonchev–Trinajstić information content (AvgIpc) is 3.33. The van der Waals surface area contributed by atoms with E-state index in [4.69, 9.17) is 14.2 Å². The number of unbranched alkanes of at least 4 members (excludes halogenated alkanes) is 11. The van der Waals surface area contributed by atoms with Crippen molar-refractivity contribution in [3.05, 3.63) is 146 Å². The Bertz CT molecular complexity index is 1530. The van der Waals surface area contributed by atoms with Gasteiger partial charge < -0.3 is 14.2 Å². The fraction of sp³-hybridized carbons (Fsp3) is 0.557. The highest BCUT2D eigenvalue weighted by atomic mass is 16.6. The SMILES string of the molecule is CC/C=C\C/C=C\C/C=C\C/C=C\C/C=C\CCCCCCCC(=O)OCC(COC(=O)CCCCCCC/C=C\C/C=C\CCC)OC(=O)C/C=C\C/C=C\C/C=C\C/C=C\C/C=C\CC. The quantitative estimate of drug-likeness (QED) is 0.0262. The molecule has 1 atom stereocenters. The van der Waals surface area contributed by atoms with E-state index in [9.17, 15) is 14.4 Å². The number of rotatable bonds is 45. The molecule has 0 heterocycles. The van der Waals surface area contributed by atoms with Crippen molar-refractivity contribution in [3.63, 3.8) is 0 Å². The minimum atomic E-state index is -0.853. The Balaban J connectivity index is 4.56. The van der Waals surface area contributed by atoms with Gasteiger partial charge in [-0.2, -0.15) is 0 Å². The molecule has 374 valence electrons. The molecule has 0 aromatic rings. The van der Waals surface area contributed by atoms with Crippen molar-refractivity contribution in [2.45, 2.75) is 207 Å². The summed E-state index contributed by atoms with van der Waals surface area (Å²) < 4.78 is 16.7. The van der Waals surface area contributed by atoms with Gasteiger partial charge in [0.1, 0.15) is 13.2 Å². The smallest absolute Gasteiger partial charge is 0.310 e. The molecule has 0 fully saturated rings.